The normalized spacial score (nSPS) is 11.8. The number of amides is 2. The number of nitrogens with one attached hydrogen (secondary N) is 2. The number of aromatic nitrogens is 2. The average molecular weight is 380 g/mol. The lowest BCUT2D eigenvalue weighted by Crippen LogP contribution is -2.34. The number of nitrogens with zero attached hydrogens (tertiary/aromatic N) is 2. The second kappa shape index (κ2) is 8.06. The molecule has 0 atom stereocenters. The van der Waals surface area contributed by atoms with Gasteiger partial charge in [0.15, 0.2) is 5.82 Å². The molecule has 12 heteroatoms. The molecule has 0 aliphatic carbocycles. The first kappa shape index (κ1) is 21.3. The van der Waals surface area contributed by atoms with E-state index in [0.717, 1.165) is 6.20 Å². The molecule has 1 rings (SSSR count). The molecule has 0 fully saturated rings. The fourth-order valence-corrected chi connectivity index (χ4v) is 1.76. The highest BCUT2D eigenvalue weighted by atomic mass is 19.4. The molecule has 0 saturated heterocycles. The Morgan fingerprint density at radius 1 is 1.27 bits per heavy atom. The van der Waals surface area contributed by atoms with Crippen molar-refractivity contribution in [2.24, 2.45) is 0 Å². The molecule has 2 amide bonds. The van der Waals surface area contributed by atoms with Crippen molar-refractivity contribution in [3.8, 4) is 0 Å². The first-order valence-corrected chi connectivity index (χ1v) is 7.41. The van der Waals surface area contributed by atoms with E-state index in [0.29, 0.717) is 4.57 Å². The topological polar surface area (TPSA) is 123 Å². The standard InChI is InChI=1S/C14H19F3N4O5/c1-13(2,3)26-12(25)18-5-4-9(22)19-8-6-21(7-14(15,16)17)10(20-8)11(23)24/h6H,4-5,7H2,1-3H3,(H,18,25)(H,19,22)(H,23,24). The highest BCUT2D eigenvalue weighted by molar-refractivity contribution is 5.91. The molecule has 0 aromatic carbocycles. The van der Waals surface area contributed by atoms with Gasteiger partial charge in [0.1, 0.15) is 12.1 Å². The zero-order chi connectivity index (χ0) is 20.1. The second-order valence-electron chi connectivity index (χ2n) is 6.22. The quantitative estimate of drug-likeness (QED) is 0.694. The van der Waals surface area contributed by atoms with E-state index in [2.05, 4.69) is 15.6 Å². The Morgan fingerprint density at radius 2 is 1.88 bits per heavy atom. The van der Waals surface area contributed by atoms with Crippen LogP contribution >= 0.6 is 0 Å². The van der Waals surface area contributed by atoms with E-state index >= 15 is 0 Å². The summed E-state index contributed by atoms with van der Waals surface area (Å²) in [5.41, 5.74) is -0.703. The Morgan fingerprint density at radius 3 is 2.38 bits per heavy atom. The van der Waals surface area contributed by atoms with E-state index in [-0.39, 0.29) is 18.8 Å². The summed E-state index contributed by atoms with van der Waals surface area (Å²) < 4.78 is 42.6. The van der Waals surface area contributed by atoms with Gasteiger partial charge in [-0.25, -0.2) is 14.6 Å². The predicted octanol–water partition coefficient (Wildman–Crippen LogP) is 2.00. The van der Waals surface area contributed by atoms with Crippen LogP contribution in [0.2, 0.25) is 0 Å². The number of carboxylic acid groups (broad SMARTS) is 1. The molecule has 0 unspecified atom stereocenters. The van der Waals surface area contributed by atoms with Crippen LogP contribution < -0.4 is 10.6 Å². The minimum absolute atomic E-state index is 0.0875. The number of halogens is 3. The van der Waals surface area contributed by atoms with Crippen molar-refractivity contribution >= 4 is 23.8 Å². The van der Waals surface area contributed by atoms with E-state index < -0.39 is 42.1 Å². The van der Waals surface area contributed by atoms with E-state index in [9.17, 15) is 27.6 Å². The molecule has 1 aromatic rings. The van der Waals surface area contributed by atoms with Crippen LogP contribution in [0, 0.1) is 0 Å². The number of anilines is 1. The van der Waals surface area contributed by atoms with Crippen LogP contribution in [-0.2, 0) is 16.1 Å². The molecule has 0 spiro atoms. The number of rotatable bonds is 6. The summed E-state index contributed by atoms with van der Waals surface area (Å²) in [7, 11) is 0. The third-order valence-corrected chi connectivity index (χ3v) is 2.61. The molecule has 1 heterocycles. The number of hydrogen-bond donors (Lipinski definition) is 3. The van der Waals surface area contributed by atoms with Crippen LogP contribution in [0.3, 0.4) is 0 Å². The van der Waals surface area contributed by atoms with Gasteiger partial charge in [-0.05, 0) is 20.8 Å². The fraction of sp³-hybridized carbons (Fsp3) is 0.571. The number of aromatic carboxylic acids is 1. The van der Waals surface area contributed by atoms with Crippen LogP contribution in [0.15, 0.2) is 6.20 Å². The summed E-state index contributed by atoms with van der Waals surface area (Å²) >= 11 is 0. The van der Waals surface area contributed by atoms with Gasteiger partial charge in [-0.1, -0.05) is 0 Å². The van der Waals surface area contributed by atoms with Crippen molar-refractivity contribution in [1.29, 1.82) is 0 Å². The number of alkyl carbamates (subject to hydrolysis) is 1. The highest BCUT2D eigenvalue weighted by Crippen LogP contribution is 2.20. The number of carbonyl (C=O) groups is 3. The van der Waals surface area contributed by atoms with Gasteiger partial charge in [-0.3, -0.25) is 4.79 Å². The molecule has 0 saturated carbocycles. The first-order valence-electron chi connectivity index (χ1n) is 7.41. The number of carbonyl (C=O) groups excluding carboxylic acids is 2. The molecule has 0 aliphatic rings. The third-order valence-electron chi connectivity index (χ3n) is 2.61. The van der Waals surface area contributed by atoms with Gasteiger partial charge in [-0.15, -0.1) is 0 Å². The van der Waals surface area contributed by atoms with Gasteiger partial charge >= 0.3 is 18.2 Å². The predicted molar refractivity (Wildman–Crippen MR) is 82.7 cm³/mol. The molecule has 26 heavy (non-hydrogen) atoms. The van der Waals surface area contributed by atoms with Crippen molar-refractivity contribution < 1.29 is 37.4 Å². The molecular weight excluding hydrogens is 361 g/mol. The number of imidazole rings is 1. The summed E-state index contributed by atoms with van der Waals surface area (Å²) in [6.45, 7) is 3.34. The van der Waals surface area contributed by atoms with Gasteiger partial charge in [0.25, 0.3) is 0 Å². The van der Waals surface area contributed by atoms with Gasteiger partial charge in [0, 0.05) is 19.2 Å². The van der Waals surface area contributed by atoms with E-state index in [1.54, 1.807) is 20.8 Å². The fourth-order valence-electron chi connectivity index (χ4n) is 1.76. The Labute approximate surface area is 146 Å². The van der Waals surface area contributed by atoms with E-state index in [4.69, 9.17) is 9.84 Å². The lowest BCUT2D eigenvalue weighted by atomic mass is 10.2. The maximum Gasteiger partial charge on any atom is 0.407 e. The molecule has 9 nitrogen and oxygen atoms in total. The Balaban J connectivity index is 2.60. The van der Waals surface area contributed by atoms with E-state index in [1.807, 2.05) is 0 Å². The highest BCUT2D eigenvalue weighted by Gasteiger charge is 2.31. The molecular formula is C14H19F3N4O5. The zero-order valence-electron chi connectivity index (χ0n) is 14.3. The summed E-state index contributed by atoms with van der Waals surface area (Å²) in [5, 5.41) is 13.4. The molecule has 146 valence electrons. The Kier molecular flexibility index (Phi) is 6.59. The van der Waals surface area contributed by atoms with Gasteiger partial charge in [-0.2, -0.15) is 13.2 Å². The lowest BCUT2D eigenvalue weighted by molar-refractivity contribution is -0.140. The summed E-state index contributed by atoms with van der Waals surface area (Å²) in [6, 6.07) is 0. The summed E-state index contributed by atoms with van der Waals surface area (Å²) in [5.74, 6) is -3.53. The van der Waals surface area contributed by atoms with Crippen molar-refractivity contribution in [1.82, 2.24) is 14.9 Å². The summed E-state index contributed by atoms with van der Waals surface area (Å²) in [4.78, 5) is 37.5. The van der Waals surface area contributed by atoms with Crippen LogP contribution in [0.1, 0.15) is 37.8 Å². The number of alkyl halides is 3. The van der Waals surface area contributed by atoms with E-state index in [1.165, 1.54) is 0 Å². The minimum atomic E-state index is -4.65. The Hall–Kier alpha value is -2.79. The molecule has 0 radical (unpaired) electrons. The average Bonchev–Trinajstić information content (AvgIpc) is 2.76. The van der Waals surface area contributed by atoms with Gasteiger partial charge < -0.3 is 25.0 Å². The third kappa shape index (κ3) is 7.85. The van der Waals surface area contributed by atoms with Crippen molar-refractivity contribution in [3.05, 3.63) is 12.0 Å². The molecule has 1 aromatic heterocycles. The van der Waals surface area contributed by atoms with Crippen LogP contribution in [0.5, 0.6) is 0 Å². The molecule has 0 bridgehead atoms. The van der Waals surface area contributed by atoms with Gasteiger partial charge in [0.05, 0.1) is 0 Å². The molecule has 0 aliphatic heterocycles. The van der Waals surface area contributed by atoms with Crippen LogP contribution in [0.4, 0.5) is 23.8 Å². The van der Waals surface area contributed by atoms with Gasteiger partial charge in [0.2, 0.25) is 11.7 Å². The summed E-state index contributed by atoms with van der Waals surface area (Å²) in [6.07, 6.45) is -4.82. The Bertz CT molecular complexity index is 679. The second-order valence-corrected chi connectivity index (χ2v) is 6.22. The smallest absolute Gasteiger partial charge is 0.407 e. The zero-order valence-corrected chi connectivity index (χ0v) is 14.3. The van der Waals surface area contributed by atoms with Crippen LogP contribution in [0.25, 0.3) is 0 Å². The van der Waals surface area contributed by atoms with Crippen LogP contribution in [-0.4, -0.2) is 50.9 Å². The lowest BCUT2D eigenvalue weighted by Gasteiger charge is -2.19. The maximum absolute atomic E-state index is 12.4. The SMILES string of the molecule is CC(C)(C)OC(=O)NCCC(=O)Nc1cn(CC(F)(F)F)c(C(=O)O)n1. The minimum Gasteiger partial charge on any atom is -0.475 e. The molecule has 3 N–H and O–H groups in total. The van der Waals surface area contributed by atoms with Crippen molar-refractivity contribution in [2.45, 2.75) is 45.5 Å². The van der Waals surface area contributed by atoms with Crippen molar-refractivity contribution in [3.63, 3.8) is 0 Å². The number of carboxylic acids is 1. The largest absolute Gasteiger partial charge is 0.475 e. The van der Waals surface area contributed by atoms with Crippen molar-refractivity contribution in [2.75, 3.05) is 11.9 Å². The monoisotopic (exact) mass is 380 g/mol. The first-order chi connectivity index (χ1) is 11.8. The maximum atomic E-state index is 12.4. The number of hydrogen-bond acceptors (Lipinski definition) is 5. The number of ether oxygens (including phenoxy) is 1.